The molecule has 0 atom stereocenters. The predicted octanol–water partition coefficient (Wildman–Crippen LogP) is 3.27. The number of amides is 1. The highest BCUT2D eigenvalue weighted by Gasteiger charge is 2.20. The standard InChI is InChI=1S/C17H27FN2O3/c1-5-20(16(22)23-17(2,3)4)10-6-9-19-12-13-7-8-15(21)14(18)11-13/h7-8,11,19,21H,5-6,9-10,12H2,1-4H3. The van der Waals surface area contributed by atoms with E-state index in [1.54, 1.807) is 11.0 Å². The smallest absolute Gasteiger partial charge is 0.410 e. The van der Waals surface area contributed by atoms with Crippen molar-refractivity contribution in [2.75, 3.05) is 19.6 Å². The summed E-state index contributed by atoms with van der Waals surface area (Å²) >= 11 is 0. The van der Waals surface area contributed by atoms with E-state index in [0.29, 0.717) is 26.2 Å². The van der Waals surface area contributed by atoms with Crippen molar-refractivity contribution in [1.82, 2.24) is 10.2 Å². The van der Waals surface area contributed by atoms with E-state index in [1.165, 1.54) is 12.1 Å². The molecule has 130 valence electrons. The van der Waals surface area contributed by atoms with Gasteiger partial charge in [-0.15, -0.1) is 0 Å². The van der Waals surface area contributed by atoms with Crippen LogP contribution in [0.25, 0.3) is 0 Å². The Kier molecular flexibility index (Phi) is 7.29. The van der Waals surface area contributed by atoms with Gasteiger partial charge in [-0.05, 0) is 58.4 Å². The van der Waals surface area contributed by atoms with Crippen molar-refractivity contribution >= 4 is 6.09 Å². The van der Waals surface area contributed by atoms with Crippen LogP contribution >= 0.6 is 0 Å². The number of hydrogen-bond acceptors (Lipinski definition) is 4. The third kappa shape index (κ3) is 7.32. The Bertz CT molecular complexity index is 515. The number of nitrogens with zero attached hydrogens (tertiary/aromatic N) is 1. The van der Waals surface area contributed by atoms with Gasteiger partial charge >= 0.3 is 6.09 Å². The van der Waals surface area contributed by atoms with Crippen molar-refractivity contribution in [2.24, 2.45) is 0 Å². The molecule has 0 saturated carbocycles. The molecule has 0 unspecified atom stereocenters. The van der Waals surface area contributed by atoms with Crippen LogP contribution in [-0.4, -0.2) is 41.3 Å². The van der Waals surface area contributed by atoms with Crippen LogP contribution in [0.5, 0.6) is 5.75 Å². The van der Waals surface area contributed by atoms with Gasteiger partial charge in [0, 0.05) is 19.6 Å². The lowest BCUT2D eigenvalue weighted by molar-refractivity contribution is 0.0258. The van der Waals surface area contributed by atoms with Crippen LogP contribution in [0.4, 0.5) is 9.18 Å². The molecule has 2 N–H and O–H groups in total. The molecule has 0 spiro atoms. The van der Waals surface area contributed by atoms with E-state index in [2.05, 4.69) is 5.32 Å². The van der Waals surface area contributed by atoms with Gasteiger partial charge in [-0.3, -0.25) is 0 Å². The number of halogens is 1. The summed E-state index contributed by atoms with van der Waals surface area (Å²) < 4.78 is 18.5. The van der Waals surface area contributed by atoms with Gasteiger partial charge in [-0.25, -0.2) is 9.18 Å². The molecule has 1 aromatic carbocycles. The number of carbonyl (C=O) groups excluding carboxylic acids is 1. The first-order valence-electron chi connectivity index (χ1n) is 7.89. The molecule has 5 nitrogen and oxygen atoms in total. The van der Waals surface area contributed by atoms with E-state index in [9.17, 15) is 9.18 Å². The van der Waals surface area contributed by atoms with Gasteiger partial charge in [0.25, 0.3) is 0 Å². The summed E-state index contributed by atoms with van der Waals surface area (Å²) in [5.74, 6) is -0.962. The van der Waals surface area contributed by atoms with E-state index in [1.807, 2.05) is 27.7 Å². The van der Waals surface area contributed by atoms with Crippen LogP contribution in [0.15, 0.2) is 18.2 Å². The zero-order valence-electron chi connectivity index (χ0n) is 14.4. The third-order valence-corrected chi connectivity index (χ3v) is 3.16. The highest BCUT2D eigenvalue weighted by atomic mass is 19.1. The molecule has 1 amide bonds. The van der Waals surface area contributed by atoms with Crippen molar-refractivity contribution in [2.45, 2.75) is 46.3 Å². The second kappa shape index (κ2) is 8.72. The van der Waals surface area contributed by atoms with Crippen LogP contribution in [0, 0.1) is 5.82 Å². The summed E-state index contributed by atoms with van der Waals surface area (Å²) in [5.41, 5.74) is 0.269. The lowest BCUT2D eigenvalue weighted by Crippen LogP contribution is -2.38. The highest BCUT2D eigenvalue weighted by molar-refractivity contribution is 5.68. The predicted molar refractivity (Wildman–Crippen MR) is 87.9 cm³/mol. The fraction of sp³-hybridized carbons (Fsp3) is 0.588. The Morgan fingerprint density at radius 2 is 2.09 bits per heavy atom. The number of aromatic hydroxyl groups is 1. The maximum absolute atomic E-state index is 13.2. The Labute approximate surface area is 137 Å². The van der Waals surface area contributed by atoms with E-state index >= 15 is 0 Å². The summed E-state index contributed by atoms with van der Waals surface area (Å²) in [7, 11) is 0. The van der Waals surface area contributed by atoms with E-state index in [-0.39, 0.29) is 11.8 Å². The lowest BCUT2D eigenvalue weighted by Gasteiger charge is -2.26. The van der Waals surface area contributed by atoms with Crippen LogP contribution in [-0.2, 0) is 11.3 Å². The van der Waals surface area contributed by atoms with Gasteiger partial charge in [0.15, 0.2) is 11.6 Å². The Morgan fingerprint density at radius 3 is 2.65 bits per heavy atom. The summed E-state index contributed by atoms with van der Waals surface area (Å²) in [6, 6.07) is 4.32. The molecular formula is C17H27FN2O3. The Hall–Kier alpha value is -1.82. The number of phenolic OH excluding ortho intramolecular Hbond substituents is 1. The molecule has 1 rings (SSSR count). The van der Waals surface area contributed by atoms with Crippen molar-refractivity contribution in [3.63, 3.8) is 0 Å². The van der Waals surface area contributed by atoms with Crippen molar-refractivity contribution in [1.29, 1.82) is 0 Å². The number of ether oxygens (including phenoxy) is 1. The Balaban J connectivity index is 2.29. The molecule has 0 radical (unpaired) electrons. The zero-order chi connectivity index (χ0) is 17.5. The van der Waals surface area contributed by atoms with Gasteiger partial charge in [0.2, 0.25) is 0 Å². The van der Waals surface area contributed by atoms with Crippen LogP contribution < -0.4 is 5.32 Å². The fourth-order valence-corrected chi connectivity index (χ4v) is 1.99. The Morgan fingerprint density at radius 1 is 1.39 bits per heavy atom. The molecule has 0 saturated heterocycles. The van der Waals surface area contributed by atoms with Gasteiger partial charge < -0.3 is 20.1 Å². The largest absolute Gasteiger partial charge is 0.505 e. The van der Waals surface area contributed by atoms with Gasteiger partial charge in [0.05, 0.1) is 0 Å². The molecule has 0 aliphatic carbocycles. The fourth-order valence-electron chi connectivity index (χ4n) is 1.99. The first-order valence-corrected chi connectivity index (χ1v) is 7.89. The van der Waals surface area contributed by atoms with Gasteiger partial charge in [-0.1, -0.05) is 6.07 Å². The quantitative estimate of drug-likeness (QED) is 0.755. The summed E-state index contributed by atoms with van der Waals surface area (Å²) in [6.45, 7) is 9.85. The third-order valence-electron chi connectivity index (χ3n) is 3.16. The molecular weight excluding hydrogens is 299 g/mol. The van der Waals surface area contributed by atoms with Crippen LogP contribution in [0.2, 0.25) is 0 Å². The molecule has 0 aliphatic heterocycles. The number of phenols is 1. The number of nitrogens with one attached hydrogen (secondary N) is 1. The lowest BCUT2D eigenvalue weighted by atomic mass is 10.2. The topological polar surface area (TPSA) is 61.8 Å². The minimum atomic E-state index is -0.619. The molecule has 6 heteroatoms. The van der Waals surface area contributed by atoms with E-state index < -0.39 is 11.4 Å². The minimum Gasteiger partial charge on any atom is -0.505 e. The first kappa shape index (κ1) is 19.2. The van der Waals surface area contributed by atoms with E-state index in [0.717, 1.165) is 12.0 Å². The number of rotatable bonds is 7. The summed E-state index contributed by atoms with van der Waals surface area (Å²) in [5, 5.41) is 12.3. The second-order valence-electron chi connectivity index (χ2n) is 6.38. The molecule has 0 fully saturated rings. The average molecular weight is 326 g/mol. The van der Waals surface area contributed by atoms with E-state index in [4.69, 9.17) is 9.84 Å². The number of hydrogen-bond donors (Lipinski definition) is 2. The van der Waals surface area contributed by atoms with Crippen molar-refractivity contribution < 1.29 is 19.0 Å². The van der Waals surface area contributed by atoms with Crippen LogP contribution in [0.1, 0.15) is 39.7 Å². The number of benzene rings is 1. The average Bonchev–Trinajstić information content (AvgIpc) is 2.44. The number of carbonyl (C=O) groups is 1. The van der Waals surface area contributed by atoms with Gasteiger partial charge in [0.1, 0.15) is 5.60 Å². The molecule has 1 aromatic rings. The second-order valence-corrected chi connectivity index (χ2v) is 6.38. The first-order chi connectivity index (χ1) is 10.7. The van der Waals surface area contributed by atoms with Crippen molar-refractivity contribution in [3.05, 3.63) is 29.6 Å². The minimum absolute atomic E-state index is 0.305. The van der Waals surface area contributed by atoms with Gasteiger partial charge in [-0.2, -0.15) is 0 Å². The van der Waals surface area contributed by atoms with Crippen LogP contribution in [0.3, 0.4) is 0 Å². The monoisotopic (exact) mass is 326 g/mol. The molecule has 0 bridgehead atoms. The molecule has 0 aliphatic rings. The summed E-state index contributed by atoms with van der Waals surface area (Å²) in [6.07, 6.45) is 0.466. The summed E-state index contributed by atoms with van der Waals surface area (Å²) in [4.78, 5) is 13.6. The normalized spacial score (nSPS) is 11.3. The molecule has 0 heterocycles. The van der Waals surface area contributed by atoms with Crippen molar-refractivity contribution in [3.8, 4) is 5.75 Å². The zero-order valence-corrected chi connectivity index (χ0v) is 14.4. The highest BCUT2D eigenvalue weighted by Crippen LogP contribution is 2.16. The molecule has 0 aromatic heterocycles. The molecule has 23 heavy (non-hydrogen) atoms. The SMILES string of the molecule is CCN(CCCNCc1ccc(O)c(F)c1)C(=O)OC(C)(C)C. The maximum atomic E-state index is 13.2. The maximum Gasteiger partial charge on any atom is 0.410 e.